The maximum atomic E-state index is 12.5. The van der Waals surface area contributed by atoms with E-state index in [2.05, 4.69) is 20.4 Å². The fourth-order valence-corrected chi connectivity index (χ4v) is 3.43. The van der Waals surface area contributed by atoms with Gasteiger partial charge in [0.1, 0.15) is 5.75 Å². The van der Waals surface area contributed by atoms with Crippen LogP contribution < -0.4 is 15.4 Å². The van der Waals surface area contributed by atoms with Crippen LogP contribution >= 0.6 is 35.6 Å². The molecule has 0 radical (unpaired) electrons. The van der Waals surface area contributed by atoms with Crippen LogP contribution in [0, 0.1) is 0 Å². The van der Waals surface area contributed by atoms with E-state index in [1.165, 1.54) is 12.1 Å². The van der Waals surface area contributed by atoms with Crippen LogP contribution in [0.25, 0.3) is 0 Å². The number of hydrogen-bond donors (Lipinski definition) is 2. The highest BCUT2D eigenvalue weighted by Crippen LogP contribution is 2.24. The molecule has 10 heteroatoms. The Morgan fingerprint density at radius 2 is 1.93 bits per heavy atom. The van der Waals surface area contributed by atoms with E-state index in [0.717, 1.165) is 4.90 Å². The Morgan fingerprint density at radius 1 is 1.21 bits per heavy atom. The largest absolute Gasteiger partial charge is 0.434 e. The zero-order chi connectivity index (χ0) is 19.6. The number of ether oxygens (including phenoxy) is 1. The summed E-state index contributed by atoms with van der Waals surface area (Å²) in [5.41, 5.74) is 0.471. The molecule has 0 fully saturated rings. The minimum Gasteiger partial charge on any atom is -0.434 e. The second-order valence-electron chi connectivity index (χ2n) is 5.35. The predicted octanol–water partition coefficient (Wildman–Crippen LogP) is 4.03. The van der Waals surface area contributed by atoms with Crippen molar-refractivity contribution < 1.29 is 17.7 Å². The molecule has 0 aliphatic rings. The molecule has 2 aromatic carbocycles. The topological polar surface area (TPSA) is 62.7 Å². The van der Waals surface area contributed by atoms with Crippen LogP contribution in [0.5, 0.6) is 5.75 Å². The van der Waals surface area contributed by atoms with Gasteiger partial charge in [-0.05, 0) is 30.3 Å². The maximum absolute atomic E-state index is 12.5. The molecule has 28 heavy (non-hydrogen) atoms. The lowest BCUT2D eigenvalue weighted by Crippen LogP contribution is -2.38. The van der Waals surface area contributed by atoms with Crippen molar-refractivity contribution in [1.82, 2.24) is 10.6 Å². The van der Waals surface area contributed by atoms with Crippen molar-refractivity contribution in [2.75, 3.05) is 19.3 Å². The van der Waals surface area contributed by atoms with Crippen LogP contribution in [-0.4, -0.2) is 36.1 Å². The summed E-state index contributed by atoms with van der Waals surface area (Å²) in [5, 5.41) is 6.45. The first-order chi connectivity index (χ1) is 13.0. The second kappa shape index (κ2) is 12.9. The summed E-state index contributed by atoms with van der Waals surface area (Å²) in [6, 6.07) is 13.6. The van der Waals surface area contributed by atoms with E-state index >= 15 is 0 Å². The Labute approximate surface area is 187 Å². The summed E-state index contributed by atoms with van der Waals surface area (Å²) in [5.74, 6) is 0.896. The molecule has 0 aliphatic carbocycles. The number of guanidine groups is 1. The van der Waals surface area contributed by atoms with Gasteiger partial charge in [-0.3, -0.25) is 9.20 Å². The lowest BCUT2D eigenvalue weighted by atomic mass is 10.2. The van der Waals surface area contributed by atoms with Gasteiger partial charge in [0, 0.05) is 41.4 Å². The Balaban J connectivity index is 0.00000392. The Morgan fingerprint density at radius 3 is 2.57 bits per heavy atom. The molecular formula is C18H21ClF2IN3O2S. The number of halogens is 4. The molecule has 0 saturated heterocycles. The van der Waals surface area contributed by atoms with Gasteiger partial charge in [0.2, 0.25) is 0 Å². The van der Waals surface area contributed by atoms with Gasteiger partial charge < -0.3 is 15.4 Å². The lowest BCUT2D eigenvalue weighted by Gasteiger charge is -2.15. The van der Waals surface area contributed by atoms with Crippen LogP contribution in [0.4, 0.5) is 8.78 Å². The average Bonchev–Trinajstić information content (AvgIpc) is 2.66. The molecule has 0 amide bonds. The number of alkyl halides is 2. The number of rotatable bonds is 8. The van der Waals surface area contributed by atoms with Crippen molar-refractivity contribution in [2.24, 2.45) is 4.99 Å². The number of hydrogen-bond acceptors (Lipinski definition) is 3. The van der Waals surface area contributed by atoms with Gasteiger partial charge in [0.05, 0.1) is 10.8 Å². The van der Waals surface area contributed by atoms with Crippen molar-refractivity contribution >= 4 is 52.3 Å². The molecule has 2 N–H and O–H groups in total. The third-order valence-electron chi connectivity index (χ3n) is 3.49. The number of nitrogens with one attached hydrogen (secondary N) is 2. The minimum absolute atomic E-state index is 0. The molecular weight excluding hydrogens is 523 g/mol. The molecule has 1 atom stereocenters. The van der Waals surface area contributed by atoms with Gasteiger partial charge in [-0.1, -0.05) is 29.8 Å². The summed E-state index contributed by atoms with van der Waals surface area (Å²) in [4.78, 5) is 4.82. The van der Waals surface area contributed by atoms with Gasteiger partial charge in [-0.25, -0.2) is 0 Å². The Hall–Kier alpha value is -1.46. The lowest BCUT2D eigenvalue weighted by molar-refractivity contribution is -0.0504. The van der Waals surface area contributed by atoms with Crippen molar-refractivity contribution in [1.29, 1.82) is 0 Å². The molecule has 154 valence electrons. The molecule has 0 aliphatic heterocycles. The van der Waals surface area contributed by atoms with Crippen molar-refractivity contribution in [3.05, 3.63) is 59.1 Å². The molecule has 0 heterocycles. The van der Waals surface area contributed by atoms with E-state index in [1.54, 1.807) is 13.1 Å². The van der Waals surface area contributed by atoms with Crippen LogP contribution in [0.15, 0.2) is 58.4 Å². The second-order valence-corrected chi connectivity index (χ2v) is 7.35. The molecule has 0 spiro atoms. The first-order valence-corrected chi connectivity index (χ1v) is 9.80. The standard InChI is InChI=1S/C18H20ClF2N3O2S.HI/c1-22-18(23-9-10-27(25)15-5-3-2-4-6-15)24-12-13-11-14(19)7-8-16(13)26-17(20)21;/h2-8,11,17H,9-10,12H2,1H3,(H2,22,23,24);1H. The summed E-state index contributed by atoms with van der Waals surface area (Å²) in [6.07, 6.45) is 0. The van der Waals surface area contributed by atoms with Crippen molar-refractivity contribution in [3.63, 3.8) is 0 Å². The summed E-state index contributed by atoms with van der Waals surface area (Å²) in [7, 11) is 0.460. The maximum Gasteiger partial charge on any atom is 0.387 e. The molecule has 2 rings (SSSR count). The SMILES string of the molecule is CN=C(NCCS(=O)c1ccccc1)NCc1cc(Cl)ccc1OC(F)F.I. The predicted molar refractivity (Wildman–Crippen MR) is 119 cm³/mol. The smallest absolute Gasteiger partial charge is 0.387 e. The van der Waals surface area contributed by atoms with E-state index in [1.807, 2.05) is 30.3 Å². The third kappa shape index (κ3) is 8.27. The molecule has 0 bridgehead atoms. The highest BCUT2D eigenvalue weighted by atomic mass is 127. The van der Waals surface area contributed by atoms with Crippen LogP contribution in [0.2, 0.25) is 5.02 Å². The van der Waals surface area contributed by atoms with Gasteiger partial charge in [0.15, 0.2) is 5.96 Å². The highest BCUT2D eigenvalue weighted by Gasteiger charge is 2.11. The number of benzene rings is 2. The molecule has 0 aromatic heterocycles. The first-order valence-electron chi connectivity index (χ1n) is 8.10. The minimum atomic E-state index is -2.92. The van der Waals surface area contributed by atoms with Crippen LogP contribution in [0.1, 0.15) is 5.56 Å². The Bertz CT molecular complexity index is 798. The summed E-state index contributed by atoms with van der Waals surface area (Å²) >= 11 is 5.93. The van der Waals surface area contributed by atoms with Crippen molar-refractivity contribution in [2.45, 2.75) is 18.1 Å². The third-order valence-corrected chi connectivity index (χ3v) is 5.10. The zero-order valence-corrected chi connectivity index (χ0v) is 18.9. The van der Waals surface area contributed by atoms with Gasteiger partial charge in [-0.15, -0.1) is 24.0 Å². The molecule has 1 unspecified atom stereocenters. The summed E-state index contributed by atoms with van der Waals surface area (Å²) in [6.45, 7) is -2.31. The normalized spacial score (nSPS) is 12.2. The van der Waals surface area contributed by atoms with Gasteiger partial charge in [0.25, 0.3) is 0 Å². The van der Waals surface area contributed by atoms with E-state index < -0.39 is 17.4 Å². The molecule has 0 saturated carbocycles. The average molecular weight is 544 g/mol. The summed E-state index contributed by atoms with van der Waals surface area (Å²) < 4.78 is 41.7. The van der Waals surface area contributed by atoms with Crippen LogP contribution in [0.3, 0.4) is 0 Å². The highest BCUT2D eigenvalue weighted by molar-refractivity contribution is 14.0. The number of nitrogens with zero attached hydrogens (tertiary/aromatic N) is 1. The fourth-order valence-electron chi connectivity index (χ4n) is 2.25. The fraction of sp³-hybridized carbons (Fsp3) is 0.278. The Kier molecular flexibility index (Phi) is 11.3. The molecule has 5 nitrogen and oxygen atoms in total. The van der Waals surface area contributed by atoms with Gasteiger partial charge >= 0.3 is 6.61 Å². The van der Waals surface area contributed by atoms with Crippen molar-refractivity contribution in [3.8, 4) is 5.75 Å². The van der Waals surface area contributed by atoms with E-state index in [9.17, 15) is 13.0 Å². The monoisotopic (exact) mass is 543 g/mol. The quantitative estimate of drug-likeness (QED) is 0.300. The number of aliphatic imine (C=N–C) groups is 1. The van der Waals surface area contributed by atoms with E-state index in [0.29, 0.717) is 28.8 Å². The van der Waals surface area contributed by atoms with Gasteiger partial charge in [-0.2, -0.15) is 8.78 Å². The first kappa shape index (κ1) is 24.6. The molecule has 2 aromatic rings. The van der Waals surface area contributed by atoms with Crippen LogP contribution in [-0.2, 0) is 17.3 Å². The van der Waals surface area contributed by atoms with E-state index in [-0.39, 0.29) is 36.3 Å². The zero-order valence-electron chi connectivity index (χ0n) is 15.0. The van der Waals surface area contributed by atoms with E-state index in [4.69, 9.17) is 11.6 Å².